The van der Waals surface area contributed by atoms with Gasteiger partial charge >= 0.3 is 0 Å². The Balaban J connectivity index is 2.87. The number of hydrogen-bond donors (Lipinski definition) is 0. The van der Waals surface area contributed by atoms with Gasteiger partial charge in [-0.1, -0.05) is 27.7 Å². The van der Waals surface area contributed by atoms with E-state index in [0.717, 1.165) is 12.8 Å². The zero-order chi connectivity index (χ0) is 13.2. The van der Waals surface area contributed by atoms with Crippen LogP contribution in [0.15, 0.2) is 11.5 Å². The van der Waals surface area contributed by atoms with Gasteiger partial charge in [-0.25, -0.2) is 0 Å². The van der Waals surface area contributed by atoms with Gasteiger partial charge in [-0.05, 0) is 18.8 Å². The molecule has 0 aromatic rings. The van der Waals surface area contributed by atoms with Crippen LogP contribution in [0.3, 0.4) is 0 Å². The predicted octanol–water partition coefficient (Wildman–Crippen LogP) is 3.64. The van der Waals surface area contributed by atoms with Gasteiger partial charge in [0.25, 0.3) is 5.79 Å². The summed E-state index contributed by atoms with van der Waals surface area (Å²) < 4.78 is 11.7. The van der Waals surface area contributed by atoms with E-state index in [4.69, 9.17) is 9.47 Å². The second-order valence-electron chi connectivity index (χ2n) is 5.75. The summed E-state index contributed by atoms with van der Waals surface area (Å²) in [7, 11) is 0. The summed E-state index contributed by atoms with van der Waals surface area (Å²) in [5.41, 5.74) is 0. The lowest BCUT2D eigenvalue weighted by Crippen LogP contribution is -2.34. The van der Waals surface area contributed by atoms with Gasteiger partial charge in [0.2, 0.25) is 5.76 Å². The topological polar surface area (TPSA) is 35.5 Å². The molecule has 0 spiro atoms. The molecule has 0 saturated carbocycles. The Morgan fingerprint density at radius 2 is 1.59 bits per heavy atom. The highest BCUT2D eigenvalue weighted by atomic mass is 16.7. The fraction of sp³-hybridized carbons (Fsp3) is 0.786. The quantitative estimate of drug-likeness (QED) is 0.736. The molecular weight excluding hydrogens is 216 g/mol. The minimum atomic E-state index is -0.632. The molecule has 0 radical (unpaired) electrons. The molecule has 0 aromatic heterocycles. The Kier molecular flexibility index (Phi) is 4.23. The summed E-state index contributed by atoms with van der Waals surface area (Å²) >= 11 is 0. The summed E-state index contributed by atoms with van der Waals surface area (Å²) in [5, 5.41) is 0. The SMILES string of the molecule is CC(=O)C1=C(C)OC(CC(C)C)(CC(C)C)O1. The van der Waals surface area contributed by atoms with E-state index in [-0.39, 0.29) is 5.78 Å². The largest absolute Gasteiger partial charge is 0.453 e. The molecule has 0 saturated heterocycles. The van der Waals surface area contributed by atoms with Gasteiger partial charge < -0.3 is 9.47 Å². The van der Waals surface area contributed by atoms with E-state index in [1.54, 1.807) is 6.92 Å². The van der Waals surface area contributed by atoms with Crippen LogP contribution >= 0.6 is 0 Å². The van der Waals surface area contributed by atoms with Crippen molar-refractivity contribution in [2.24, 2.45) is 11.8 Å². The number of allylic oxidation sites excluding steroid dienone is 2. The smallest absolute Gasteiger partial charge is 0.251 e. The Hall–Kier alpha value is -0.990. The zero-order valence-electron chi connectivity index (χ0n) is 11.8. The monoisotopic (exact) mass is 240 g/mol. The van der Waals surface area contributed by atoms with Gasteiger partial charge in [0, 0.05) is 19.8 Å². The molecule has 1 aliphatic heterocycles. The predicted molar refractivity (Wildman–Crippen MR) is 67.2 cm³/mol. The maximum Gasteiger partial charge on any atom is 0.251 e. The Morgan fingerprint density at radius 1 is 1.12 bits per heavy atom. The minimum absolute atomic E-state index is 0.0584. The van der Waals surface area contributed by atoms with Crippen LogP contribution < -0.4 is 0 Å². The number of carbonyl (C=O) groups excluding carboxylic acids is 1. The van der Waals surface area contributed by atoms with Crippen molar-refractivity contribution >= 4 is 5.78 Å². The first-order valence-corrected chi connectivity index (χ1v) is 6.35. The molecule has 0 amide bonds. The molecule has 3 nitrogen and oxygen atoms in total. The van der Waals surface area contributed by atoms with Gasteiger partial charge in [-0.15, -0.1) is 0 Å². The van der Waals surface area contributed by atoms with Crippen LogP contribution in [0.25, 0.3) is 0 Å². The van der Waals surface area contributed by atoms with Crippen LogP contribution in [-0.2, 0) is 14.3 Å². The number of Topliss-reactive ketones (excluding diaryl/α,β-unsaturated/α-hetero) is 1. The highest BCUT2D eigenvalue weighted by Crippen LogP contribution is 2.40. The average molecular weight is 240 g/mol. The van der Waals surface area contributed by atoms with E-state index >= 15 is 0 Å². The molecule has 0 atom stereocenters. The van der Waals surface area contributed by atoms with E-state index in [1.807, 2.05) is 0 Å². The summed E-state index contributed by atoms with van der Waals surface area (Å²) in [6.45, 7) is 11.9. The normalized spacial score (nSPS) is 18.6. The van der Waals surface area contributed by atoms with Crippen LogP contribution in [0, 0.1) is 11.8 Å². The zero-order valence-corrected chi connectivity index (χ0v) is 11.8. The second-order valence-corrected chi connectivity index (χ2v) is 5.75. The highest BCUT2D eigenvalue weighted by molar-refractivity contribution is 5.92. The molecule has 0 fully saturated rings. The third-order valence-corrected chi connectivity index (χ3v) is 2.71. The van der Waals surface area contributed by atoms with E-state index in [1.165, 1.54) is 6.92 Å². The van der Waals surface area contributed by atoms with Crippen LogP contribution in [-0.4, -0.2) is 11.6 Å². The van der Waals surface area contributed by atoms with Crippen molar-refractivity contribution in [1.82, 2.24) is 0 Å². The third kappa shape index (κ3) is 3.48. The van der Waals surface area contributed by atoms with Gasteiger partial charge in [-0.3, -0.25) is 4.79 Å². The molecule has 1 heterocycles. The van der Waals surface area contributed by atoms with Crippen molar-refractivity contribution in [2.75, 3.05) is 0 Å². The maximum absolute atomic E-state index is 11.5. The minimum Gasteiger partial charge on any atom is -0.453 e. The maximum atomic E-state index is 11.5. The molecular formula is C14H24O3. The van der Waals surface area contributed by atoms with Crippen LogP contribution in [0.5, 0.6) is 0 Å². The fourth-order valence-corrected chi connectivity index (χ4v) is 2.42. The molecule has 1 rings (SSSR count). The van der Waals surface area contributed by atoms with Gasteiger partial charge in [0.05, 0.1) is 0 Å². The Morgan fingerprint density at radius 3 is 1.88 bits per heavy atom. The first-order chi connectivity index (χ1) is 7.76. The molecule has 17 heavy (non-hydrogen) atoms. The van der Waals surface area contributed by atoms with Crippen molar-refractivity contribution in [1.29, 1.82) is 0 Å². The Labute approximate surface area is 104 Å². The molecule has 0 bridgehead atoms. The molecule has 0 unspecified atom stereocenters. The summed E-state index contributed by atoms with van der Waals surface area (Å²) in [6.07, 6.45) is 1.61. The van der Waals surface area contributed by atoms with E-state index in [0.29, 0.717) is 23.4 Å². The van der Waals surface area contributed by atoms with E-state index in [2.05, 4.69) is 27.7 Å². The standard InChI is InChI=1S/C14H24O3/c1-9(2)7-14(8-10(3)4)16-12(6)13(17-14)11(5)15/h9-10H,7-8H2,1-6H3. The van der Waals surface area contributed by atoms with E-state index < -0.39 is 5.79 Å². The lowest BCUT2D eigenvalue weighted by molar-refractivity contribution is -0.178. The van der Waals surface area contributed by atoms with Crippen molar-refractivity contribution in [3.63, 3.8) is 0 Å². The lowest BCUT2D eigenvalue weighted by Gasteiger charge is -2.31. The summed E-state index contributed by atoms with van der Waals surface area (Å²) in [6, 6.07) is 0. The molecule has 3 heteroatoms. The van der Waals surface area contributed by atoms with Gasteiger partial charge in [0.15, 0.2) is 5.78 Å². The van der Waals surface area contributed by atoms with Gasteiger partial charge in [-0.2, -0.15) is 0 Å². The lowest BCUT2D eigenvalue weighted by atomic mass is 9.94. The van der Waals surface area contributed by atoms with Crippen molar-refractivity contribution in [3.8, 4) is 0 Å². The number of carbonyl (C=O) groups is 1. The van der Waals surface area contributed by atoms with Crippen LogP contribution in [0.2, 0.25) is 0 Å². The van der Waals surface area contributed by atoms with Gasteiger partial charge in [0.1, 0.15) is 5.76 Å². The summed E-state index contributed by atoms with van der Waals surface area (Å²) in [4.78, 5) is 11.5. The van der Waals surface area contributed by atoms with E-state index in [9.17, 15) is 4.79 Å². The number of hydrogen-bond acceptors (Lipinski definition) is 3. The van der Waals surface area contributed by atoms with Crippen LogP contribution in [0.4, 0.5) is 0 Å². The molecule has 0 aliphatic carbocycles. The molecule has 0 aromatic carbocycles. The fourth-order valence-electron chi connectivity index (χ4n) is 2.42. The van der Waals surface area contributed by atoms with Crippen LogP contribution in [0.1, 0.15) is 54.4 Å². The Bertz CT molecular complexity index is 316. The van der Waals surface area contributed by atoms with Crippen molar-refractivity contribution in [2.45, 2.75) is 60.2 Å². The first kappa shape index (κ1) is 14.1. The summed E-state index contributed by atoms with van der Waals surface area (Å²) in [5.74, 6) is 1.26. The number of ketones is 1. The third-order valence-electron chi connectivity index (χ3n) is 2.71. The first-order valence-electron chi connectivity index (χ1n) is 6.35. The second kappa shape index (κ2) is 5.11. The van der Waals surface area contributed by atoms with Crippen molar-refractivity contribution in [3.05, 3.63) is 11.5 Å². The molecule has 1 aliphatic rings. The molecule has 0 N–H and O–H groups in total. The number of rotatable bonds is 5. The molecule has 98 valence electrons. The number of ether oxygens (including phenoxy) is 2. The average Bonchev–Trinajstić information content (AvgIpc) is 2.39. The highest BCUT2D eigenvalue weighted by Gasteiger charge is 2.43. The van der Waals surface area contributed by atoms with Crippen molar-refractivity contribution < 1.29 is 14.3 Å².